The van der Waals surface area contributed by atoms with E-state index in [1.165, 1.54) is 0 Å². The smallest absolute Gasteiger partial charge is 0.246 e. The minimum atomic E-state index is 0.0216. The molecule has 0 atom stereocenters. The normalized spacial score (nSPS) is 14.5. The maximum absolute atomic E-state index is 12.8. The lowest BCUT2D eigenvalue weighted by molar-refractivity contribution is -0.120. The van der Waals surface area contributed by atoms with Crippen molar-refractivity contribution in [3.63, 3.8) is 0 Å². The quantitative estimate of drug-likeness (QED) is 0.485. The Balaban J connectivity index is 1.70. The number of piperazine rings is 1. The van der Waals surface area contributed by atoms with Crippen molar-refractivity contribution < 1.29 is 19.0 Å². The molecule has 3 rings (SSSR count). The van der Waals surface area contributed by atoms with E-state index < -0.39 is 0 Å². The van der Waals surface area contributed by atoms with Crippen molar-refractivity contribution in [1.29, 1.82) is 0 Å². The maximum Gasteiger partial charge on any atom is 0.246 e. The highest BCUT2D eigenvalue weighted by atomic mass is 16.5. The van der Waals surface area contributed by atoms with Gasteiger partial charge in [-0.25, -0.2) is 0 Å². The summed E-state index contributed by atoms with van der Waals surface area (Å²) in [5.41, 5.74) is 1.74. The highest BCUT2D eigenvalue weighted by Crippen LogP contribution is 2.34. The molecular weight excluding hydrogens is 412 g/mol. The molecule has 0 saturated carbocycles. The molecule has 0 unspecified atom stereocenters. The van der Waals surface area contributed by atoms with Crippen LogP contribution >= 0.6 is 0 Å². The number of nitrogens with zero attached hydrogens (tertiary/aromatic N) is 5. The Hall–Kier alpha value is -3.43. The van der Waals surface area contributed by atoms with Gasteiger partial charge in [-0.3, -0.25) is 14.5 Å². The molecule has 32 heavy (non-hydrogen) atoms. The zero-order chi connectivity index (χ0) is 23.1. The Morgan fingerprint density at radius 2 is 1.88 bits per heavy atom. The summed E-state index contributed by atoms with van der Waals surface area (Å²) in [6, 6.07) is 3.67. The number of hydrogen-bond donors (Lipinski definition) is 1. The molecule has 1 fully saturated rings. The second kappa shape index (κ2) is 10.7. The second-order valence-electron chi connectivity index (χ2n) is 7.34. The molecule has 0 radical (unpaired) electrons. The van der Waals surface area contributed by atoms with Gasteiger partial charge in [0, 0.05) is 57.1 Å². The SMILES string of the molecule is CCNC(=NCCc1c(OC)cc(OC)cc1OC)N1CCN(c2cnn(C)c2)C(=O)C1. The van der Waals surface area contributed by atoms with Gasteiger partial charge in [-0.15, -0.1) is 0 Å². The van der Waals surface area contributed by atoms with Crippen LogP contribution in [0.3, 0.4) is 0 Å². The number of amides is 1. The van der Waals surface area contributed by atoms with Crippen LogP contribution in [0, 0.1) is 0 Å². The van der Waals surface area contributed by atoms with Crippen LogP contribution in [0.2, 0.25) is 0 Å². The van der Waals surface area contributed by atoms with Gasteiger partial charge in [0.15, 0.2) is 5.96 Å². The molecule has 10 nitrogen and oxygen atoms in total. The van der Waals surface area contributed by atoms with Crippen LogP contribution in [0.5, 0.6) is 17.2 Å². The monoisotopic (exact) mass is 444 g/mol. The van der Waals surface area contributed by atoms with Crippen LogP contribution in [0.1, 0.15) is 12.5 Å². The zero-order valence-corrected chi connectivity index (χ0v) is 19.4. The molecule has 10 heteroatoms. The lowest BCUT2D eigenvalue weighted by Gasteiger charge is -2.35. The number of methoxy groups -OCH3 is 3. The minimum absolute atomic E-state index is 0.0216. The summed E-state index contributed by atoms with van der Waals surface area (Å²) >= 11 is 0. The van der Waals surface area contributed by atoms with Gasteiger partial charge in [0.2, 0.25) is 5.91 Å². The minimum Gasteiger partial charge on any atom is -0.496 e. The van der Waals surface area contributed by atoms with Crippen molar-refractivity contribution >= 4 is 17.6 Å². The number of anilines is 1. The third kappa shape index (κ3) is 5.24. The second-order valence-corrected chi connectivity index (χ2v) is 7.34. The van der Waals surface area contributed by atoms with Crippen molar-refractivity contribution in [1.82, 2.24) is 20.0 Å². The molecule has 0 aliphatic carbocycles. The Morgan fingerprint density at radius 3 is 2.41 bits per heavy atom. The molecule has 0 bridgehead atoms. The molecule has 1 aliphatic heterocycles. The van der Waals surface area contributed by atoms with E-state index in [0.717, 1.165) is 17.2 Å². The number of guanidine groups is 1. The highest BCUT2D eigenvalue weighted by molar-refractivity contribution is 5.98. The number of ether oxygens (including phenoxy) is 3. The fourth-order valence-electron chi connectivity index (χ4n) is 3.70. The Kier molecular flexibility index (Phi) is 7.80. The summed E-state index contributed by atoms with van der Waals surface area (Å²) in [6.45, 7) is 4.76. The molecule has 1 aromatic heterocycles. The number of aromatic nitrogens is 2. The number of carbonyl (C=O) groups excluding carboxylic acids is 1. The summed E-state index contributed by atoms with van der Waals surface area (Å²) in [5.74, 6) is 2.80. The van der Waals surface area contributed by atoms with Crippen molar-refractivity contribution in [2.75, 3.05) is 59.0 Å². The van der Waals surface area contributed by atoms with Crippen LogP contribution in [0.4, 0.5) is 5.69 Å². The molecule has 2 heterocycles. The van der Waals surface area contributed by atoms with Crippen LogP contribution in [0.15, 0.2) is 29.5 Å². The van der Waals surface area contributed by atoms with Gasteiger partial charge < -0.3 is 29.3 Å². The number of rotatable bonds is 8. The Bertz CT molecular complexity index is 933. The van der Waals surface area contributed by atoms with Gasteiger partial charge in [0.05, 0.1) is 33.2 Å². The molecule has 1 amide bonds. The number of nitrogens with one attached hydrogen (secondary N) is 1. The zero-order valence-electron chi connectivity index (χ0n) is 19.4. The van der Waals surface area contributed by atoms with Gasteiger partial charge in [-0.2, -0.15) is 5.10 Å². The summed E-state index contributed by atoms with van der Waals surface area (Å²) < 4.78 is 18.1. The summed E-state index contributed by atoms with van der Waals surface area (Å²) in [6.07, 6.45) is 4.18. The van der Waals surface area contributed by atoms with Gasteiger partial charge in [-0.05, 0) is 13.3 Å². The fourth-order valence-corrected chi connectivity index (χ4v) is 3.70. The lowest BCUT2D eigenvalue weighted by Crippen LogP contribution is -2.55. The van der Waals surface area contributed by atoms with Crippen LogP contribution in [-0.4, -0.2) is 80.6 Å². The molecule has 0 spiro atoms. The molecule has 1 aromatic carbocycles. The van der Waals surface area contributed by atoms with E-state index in [9.17, 15) is 4.79 Å². The molecule has 1 aliphatic rings. The first-order valence-corrected chi connectivity index (χ1v) is 10.6. The van der Waals surface area contributed by atoms with Crippen molar-refractivity contribution in [3.05, 3.63) is 30.1 Å². The van der Waals surface area contributed by atoms with Crippen molar-refractivity contribution in [2.45, 2.75) is 13.3 Å². The third-order valence-corrected chi connectivity index (χ3v) is 5.30. The van der Waals surface area contributed by atoms with Gasteiger partial charge in [0.1, 0.15) is 23.8 Å². The van der Waals surface area contributed by atoms with E-state index in [1.54, 1.807) is 37.1 Å². The summed E-state index contributed by atoms with van der Waals surface area (Å²) in [4.78, 5) is 21.3. The first-order valence-electron chi connectivity index (χ1n) is 10.6. The largest absolute Gasteiger partial charge is 0.496 e. The predicted molar refractivity (Wildman–Crippen MR) is 123 cm³/mol. The van der Waals surface area contributed by atoms with E-state index in [1.807, 2.05) is 37.2 Å². The van der Waals surface area contributed by atoms with E-state index in [-0.39, 0.29) is 12.5 Å². The summed E-state index contributed by atoms with van der Waals surface area (Å²) in [5, 5.41) is 7.46. The van der Waals surface area contributed by atoms with Crippen molar-refractivity contribution in [2.24, 2.45) is 12.0 Å². The van der Waals surface area contributed by atoms with Gasteiger partial charge in [0.25, 0.3) is 0 Å². The lowest BCUT2D eigenvalue weighted by atomic mass is 10.1. The Labute approximate surface area is 188 Å². The molecule has 1 N–H and O–H groups in total. The number of aryl methyl sites for hydroxylation is 1. The average molecular weight is 445 g/mol. The first-order chi connectivity index (χ1) is 15.5. The number of hydrogen-bond acceptors (Lipinski definition) is 6. The van der Waals surface area contributed by atoms with Crippen LogP contribution < -0.4 is 24.4 Å². The summed E-state index contributed by atoms with van der Waals surface area (Å²) in [7, 11) is 6.69. The third-order valence-electron chi connectivity index (χ3n) is 5.30. The Morgan fingerprint density at radius 1 is 1.16 bits per heavy atom. The van der Waals surface area contributed by atoms with Gasteiger partial charge in [-0.1, -0.05) is 0 Å². The fraction of sp³-hybridized carbons (Fsp3) is 0.500. The first kappa shape index (κ1) is 23.2. The van der Waals surface area contributed by atoms with E-state index in [4.69, 9.17) is 19.2 Å². The predicted octanol–water partition coefficient (Wildman–Crippen LogP) is 1.30. The molecular formula is C22H32N6O4. The topological polar surface area (TPSA) is 93.5 Å². The molecule has 1 saturated heterocycles. The number of benzene rings is 1. The van der Waals surface area contributed by atoms with Crippen molar-refractivity contribution in [3.8, 4) is 17.2 Å². The average Bonchev–Trinajstić information content (AvgIpc) is 3.23. The number of aliphatic imine (C=N–C) groups is 1. The van der Waals surface area contributed by atoms with E-state index in [2.05, 4.69) is 10.4 Å². The van der Waals surface area contributed by atoms with E-state index in [0.29, 0.717) is 49.8 Å². The van der Waals surface area contributed by atoms with Crippen LogP contribution in [0.25, 0.3) is 0 Å². The standard InChI is InChI=1S/C22H32N6O4/c1-6-23-22(27-9-10-28(21(29)15-27)16-13-25-26(2)14-16)24-8-7-18-19(31-4)11-17(30-3)12-20(18)32-5/h11-14H,6-10,15H2,1-5H3,(H,23,24). The maximum atomic E-state index is 12.8. The molecule has 2 aromatic rings. The van der Waals surface area contributed by atoms with E-state index >= 15 is 0 Å². The highest BCUT2D eigenvalue weighted by Gasteiger charge is 2.27. The van der Waals surface area contributed by atoms with Gasteiger partial charge >= 0.3 is 0 Å². The number of carbonyl (C=O) groups is 1. The van der Waals surface area contributed by atoms with Crippen LogP contribution in [-0.2, 0) is 18.3 Å². The molecule has 174 valence electrons.